The first-order valence-electron chi connectivity index (χ1n) is 5.97. The van der Waals surface area contributed by atoms with Crippen molar-refractivity contribution in [3.63, 3.8) is 0 Å². The quantitative estimate of drug-likeness (QED) is 0.632. The molecule has 106 valence electrons. The van der Waals surface area contributed by atoms with Gasteiger partial charge in [-0.15, -0.1) is 0 Å². The molecule has 0 radical (unpaired) electrons. The Kier molecular flexibility index (Phi) is 4.26. The minimum Gasteiger partial charge on any atom is -0.467 e. The number of nitrogens with two attached hydrogens (primary N) is 1. The van der Waals surface area contributed by atoms with E-state index in [0.717, 1.165) is 5.69 Å². The third-order valence-electron chi connectivity index (χ3n) is 2.61. The molecule has 0 atom stereocenters. The second kappa shape index (κ2) is 6.11. The standard InChI is InChI=1S/C12H15FN6O/c1-3-19(9-6-4-8(13)5-7-9)11-15-10(18-14)16-12(17-11)20-2/h4-7H,3,14H2,1-2H3,(H,15,16,17,18). The fraction of sp³-hybridized carbons (Fsp3) is 0.250. The van der Waals surface area contributed by atoms with Crippen molar-refractivity contribution in [1.29, 1.82) is 0 Å². The summed E-state index contributed by atoms with van der Waals surface area (Å²) in [6.45, 7) is 2.51. The number of nitrogen functional groups attached to an aromatic ring is 1. The normalized spacial score (nSPS) is 10.2. The number of benzene rings is 1. The zero-order valence-electron chi connectivity index (χ0n) is 11.2. The molecule has 3 N–H and O–H groups in total. The predicted octanol–water partition coefficient (Wildman–Crippen LogP) is 1.46. The third-order valence-corrected chi connectivity index (χ3v) is 2.61. The van der Waals surface area contributed by atoms with Crippen LogP contribution < -0.4 is 20.9 Å². The first kappa shape index (κ1) is 13.9. The van der Waals surface area contributed by atoms with Crippen molar-refractivity contribution in [3.8, 4) is 6.01 Å². The summed E-state index contributed by atoms with van der Waals surface area (Å²) >= 11 is 0. The second-order valence-corrected chi connectivity index (χ2v) is 3.81. The van der Waals surface area contributed by atoms with Gasteiger partial charge in [0.25, 0.3) is 0 Å². The highest BCUT2D eigenvalue weighted by Crippen LogP contribution is 2.23. The summed E-state index contributed by atoms with van der Waals surface area (Å²) in [5, 5.41) is 0. The van der Waals surface area contributed by atoms with Crippen LogP contribution in [0.4, 0.5) is 22.0 Å². The molecule has 1 aromatic heterocycles. The maximum atomic E-state index is 13.0. The van der Waals surface area contributed by atoms with Gasteiger partial charge in [-0.25, -0.2) is 10.2 Å². The first-order valence-corrected chi connectivity index (χ1v) is 5.97. The summed E-state index contributed by atoms with van der Waals surface area (Å²) in [5.74, 6) is 5.56. The fourth-order valence-electron chi connectivity index (χ4n) is 1.68. The van der Waals surface area contributed by atoms with E-state index < -0.39 is 0 Å². The Morgan fingerprint density at radius 1 is 1.25 bits per heavy atom. The van der Waals surface area contributed by atoms with E-state index in [-0.39, 0.29) is 17.8 Å². The molecule has 0 unspecified atom stereocenters. The van der Waals surface area contributed by atoms with Crippen LogP contribution in [0.2, 0.25) is 0 Å². The number of hydrazine groups is 1. The number of nitrogens with one attached hydrogen (secondary N) is 1. The minimum atomic E-state index is -0.303. The molecular formula is C12H15FN6O. The topological polar surface area (TPSA) is 89.2 Å². The van der Waals surface area contributed by atoms with Crippen LogP contribution in [0.1, 0.15) is 6.92 Å². The molecule has 0 aliphatic carbocycles. The largest absolute Gasteiger partial charge is 0.467 e. The van der Waals surface area contributed by atoms with Gasteiger partial charge < -0.3 is 9.64 Å². The van der Waals surface area contributed by atoms with E-state index in [9.17, 15) is 4.39 Å². The van der Waals surface area contributed by atoms with Crippen molar-refractivity contribution in [3.05, 3.63) is 30.1 Å². The van der Waals surface area contributed by atoms with Gasteiger partial charge in [0.1, 0.15) is 5.82 Å². The van der Waals surface area contributed by atoms with Gasteiger partial charge >= 0.3 is 6.01 Å². The Morgan fingerprint density at radius 3 is 2.50 bits per heavy atom. The lowest BCUT2D eigenvalue weighted by molar-refractivity contribution is 0.379. The lowest BCUT2D eigenvalue weighted by Gasteiger charge is -2.21. The number of rotatable bonds is 5. The molecule has 0 saturated carbocycles. The highest BCUT2D eigenvalue weighted by atomic mass is 19.1. The summed E-state index contributed by atoms with van der Waals surface area (Å²) in [6.07, 6.45) is 0. The Morgan fingerprint density at radius 2 is 1.95 bits per heavy atom. The number of aromatic nitrogens is 3. The molecule has 0 bridgehead atoms. The number of hydrogen-bond donors (Lipinski definition) is 2. The summed E-state index contributed by atoms with van der Waals surface area (Å²) < 4.78 is 18.0. The van der Waals surface area contributed by atoms with Crippen LogP contribution in [0.15, 0.2) is 24.3 Å². The van der Waals surface area contributed by atoms with Crippen molar-refractivity contribution in [1.82, 2.24) is 15.0 Å². The van der Waals surface area contributed by atoms with Gasteiger partial charge in [-0.2, -0.15) is 15.0 Å². The Balaban J connectivity index is 2.42. The molecular weight excluding hydrogens is 263 g/mol. The lowest BCUT2D eigenvalue weighted by Crippen LogP contribution is -2.21. The number of ether oxygens (including phenoxy) is 1. The molecule has 2 aromatic rings. The van der Waals surface area contributed by atoms with Crippen LogP contribution in [0.3, 0.4) is 0 Å². The lowest BCUT2D eigenvalue weighted by atomic mass is 10.3. The highest BCUT2D eigenvalue weighted by molar-refractivity contribution is 5.57. The van der Waals surface area contributed by atoms with Gasteiger partial charge in [0.15, 0.2) is 0 Å². The summed E-state index contributed by atoms with van der Waals surface area (Å²) in [5.41, 5.74) is 3.11. The molecule has 20 heavy (non-hydrogen) atoms. The zero-order chi connectivity index (χ0) is 14.5. The predicted molar refractivity (Wildman–Crippen MR) is 73.3 cm³/mol. The number of nitrogens with zero attached hydrogens (tertiary/aromatic N) is 4. The Hall–Kier alpha value is -2.48. The highest BCUT2D eigenvalue weighted by Gasteiger charge is 2.14. The Bertz CT molecular complexity index is 554. The molecule has 8 heteroatoms. The monoisotopic (exact) mass is 278 g/mol. The van der Waals surface area contributed by atoms with Crippen molar-refractivity contribution >= 4 is 17.6 Å². The molecule has 1 aromatic carbocycles. The average molecular weight is 278 g/mol. The molecule has 1 heterocycles. The van der Waals surface area contributed by atoms with E-state index in [1.165, 1.54) is 19.2 Å². The average Bonchev–Trinajstić information content (AvgIpc) is 2.49. The van der Waals surface area contributed by atoms with Crippen LogP contribution in [0.25, 0.3) is 0 Å². The third kappa shape index (κ3) is 2.91. The molecule has 2 rings (SSSR count). The van der Waals surface area contributed by atoms with Crippen LogP contribution in [0, 0.1) is 5.82 Å². The van der Waals surface area contributed by atoms with Gasteiger partial charge in [0.05, 0.1) is 7.11 Å². The second-order valence-electron chi connectivity index (χ2n) is 3.81. The molecule has 0 aliphatic rings. The maximum Gasteiger partial charge on any atom is 0.322 e. The summed E-state index contributed by atoms with van der Waals surface area (Å²) in [4.78, 5) is 14.0. The van der Waals surface area contributed by atoms with Crippen LogP contribution >= 0.6 is 0 Å². The van der Waals surface area contributed by atoms with E-state index in [0.29, 0.717) is 12.5 Å². The van der Waals surface area contributed by atoms with Gasteiger partial charge in [0.2, 0.25) is 11.9 Å². The van der Waals surface area contributed by atoms with Crippen LogP contribution in [0.5, 0.6) is 6.01 Å². The van der Waals surface area contributed by atoms with Gasteiger partial charge in [-0.1, -0.05) is 0 Å². The fourth-order valence-corrected chi connectivity index (χ4v) is 1.68. The van der Waals surface area contributed by atoms with Crippen molar-refractivity contribution in [2.24, 2.45) is 5.84 Å². The van der Waals surface area contributed by atoms with E-state index >= 15 is 0 Å². The zero-order valence-corrected chi connectivity index (χ0v) is 11.2. The van der Waals surface area contributed by atoms with Gasteiger partial charge in [0, 0.05) is 12.2 Å². The first-order chi connectivity index (χ1) is 9.67. The number of hydrogen-bond acceptors (Lipinski definition) is 7. The summed E-state index contributed by atoms with van der Waals surface area (Å²) in [6, 6.07) is 6.18. The molecule has 0 amide bonds. The van der Waals surface area contributed by atoms with Crippen molar-refractivity contribution < 1.29 is 9.13 Å². The van der Waals surface area contributed by atoms with E-state index in [1.807, 2.05) is 6.92 Å². The van der Waals surface area contributed by atoms with Gasteiger partial charge in [-0.05, 0) is 31.2 Å². The number of halogens is 1. The molecule has 0 spiro atoms. The molecule has 0 fully saturated rings. The van der Waals surface area contributed by atoms with E-state index in [2.05, 4.69) is 20.4 Å². The number of methoxy groups -OCH3 is 1. The molecule has 7 nitrogen and oxygen atoms in total. The van der Waals surface area contributed by atoms with Crippen molar-refractivity contribution in [2.45, 2.75) is 6.92 Å². The summed E-state index contributed by atoms with van der Waals surface area (Å²) in [7, 11) is 1.45. The minimum absolute atomic E-state index is 0.142. The SMILES string of the molecule is CCN(c1ccc(F)cc1)c1nc(NN)nc(OC)n1. The maximum absolute atomic E-state index is 13.0. The van der Waals surface area contributed by atoms with E-state index in [1.54, 1.807) is 17.0 Å². The van der Waals surface area contributed by atoms with Crippen LogP contribution in [-0.4, -0.2) is 28.6 Å². The Labute approximate surface area is 115 Å². The van der Waals surface area contributed by atoms with Crippen molar-refractivity contribution in [2.75, 3.05) is 24.0 Å². The number of anilines is 3. The molecule has 0 saturated heterocycles. The molecule has 0 aliphatic heterocycles. The van der Waals surface area contributed by atoms with Gasteiger partial charge in [-0.3, -0.25) is 5.43 Å². The smallest absolute Gasteiger partial charge is 0.322 e. The van der Waals surface area contributed by atoms with Crippen LogP contribution in [-0.2, 0) is 0 Å². The van der Waals surface area contributed by atoms with E-state index in [4.69, 9.17) is 10.6 Å².